The number of aliphatic hydroxyl groups is 1. The van der Waals surface area contributed by atoms with Crippen LogP contribution in [0.4, 0.5) is 0 Å². The van der Waals surface area contributed by atoms with Crippen LogP contribution in [0.1, 0.15) is 19.3 Å². The van der Waals surface area contributed by atoms with Gasteiger partial charge in [-0.2, -0.15) is 0 Å². The Kier molecular flexibility index (Phi) is 4.13. The van der Waals surface area contributed by atoms with Gasteiger partial charge in [0.2, 0.25) is 5.91 Å². The second-order valence-corrected chi connectivity index (χ2v) is 7.19. The smallest absolute Gasteiger partial charge is 0.408 e. The van der Waals surface area contributed by atoms with Gasteiger partial charge in [-0.05, 0) is 44.5 Å². The van der Waals surface area contributed by atoms with Gasteiger partial charge in [0.05, 0.1) is 17.7 Å². The van der Waals surface area contributed by atoms with Gasteiger partial charge in [-0.25, -0.2) is 4.79 Å². The lowest BCUT2D eigenvalue weighted by Gasteiger charge is -2.28. The number of amides is 1. The number of hydrogen-bond acceptors (Lipinski definition) is 5. The second kappa shape index (κ2) is 6.31. The number of aromatic nitrogens is 1. The SMILES string of the molecule is O=C(Cn1c(=O)oc2ccccc21)N1CC[C@](O)(CN2CCCC2)C1. The van der Waals surface area contributed by atoms with Crippen LogP contribution in [-0.2, 0) is 11.3 Å². The van der Waals surface area contributed by atoms with E-state index in [1.165, 1.54) is 17.4 Å². The number of carbonyl (C=O) groups excluding carboxylic acids is 1. The quantitative estimate of drug-likeness (QED) is 0.880. The minimum Gasteiger partial charge on any atom is -0.408 e. The van der Waals surface area contributed by atoms with Crippen molar-refractivity contribution >= 4 is 17.0 Å². The molecule has 3 heterocycles. The maximum Gasteiger partial charge on any atom is 0.420 e. The van der Waals surface area contributed by atoms with Crippen LogP contribution >= 0.6 is 0 Å². The van der Waals surface area contributed by atoms with Gasteiger partial charge in [-0.1, -0.05) is 12.1 Å². The number of benzene rings is 1. The Hall–Kier alpha value is -2.12. The van der Waals surface area contributed by atoms with Crippen LogP contribution in [0.3, 0.4) is 0 Å². The molecule has 2 aromatic rings. The van der Waals surface area contributed by atoms with Gasteiger partial charge in [-0.3, -0.25) is 9.36 Å². The van der Waals surface area contributed by atoms with E-state index in [2.05, 4.69) is 4.90 Å². The molecule has 0 spiro atoms. The van der Waals surface area contributed by atoms with E-state index in [0.29, 0.717) is 37.2 Å². The van der Waals surface area contributed by atoms with Crippen molar-refractivity contribution in [3.63, 3.8) is 0 Å². The van der Waals surface area contributed by atoms with Crippen LogP contribution in [0, 0.1) is 0 Å². The monoisotopic (exact) mass is 345 g/mol. The summed E-state index contributed by atoms with van der Waals surface area (Å²) in [6, 6.07) is 7.07. The summed E-state index contributed by atoms with van der Waals surface area (Å²) in [6.07, 6.45) is 2.93. The van der Waals surface area contributed by atoms with Crippen molar-refractivity contribution in [3.8, 4) is 0 Å². The number of rotatable bonds is 4. The Balaban J connectivity index is 1.45. The molecule has 1 aromatic carbocycles. The molecule has 7 heteroatoms. The van der Waals surface area contributed by atoms with E-state index >= 15 is 0 Å². The Labute approximate surface area is 145 Å². The van der Waals surface area contributed by atoms with Gasteiger partial charge >= 0.3 is 5.76 Å². The van der Waals surface area contributed by atoms with Crippen molar-refractivity contribution < 1.29 is 14.3 Å². The third kappa shape index (κ3) is 3.21. The molecular weight excluding hydrogens is 322 g/mol. The topological polar surface area (TPSA) is 78.9 Å². The molecule has 0 unspecified atom stereocenters. The highest BCUT2D eigenvalue weighted by Crippen LogP contribution is 2.24. The van der Waals surface area contributed by atoms with E-state index in [0.717, 1.165) is 13.1 Å². The first-order chi connectivity index (χ1) is 12.0. The number of para-hydroxylation sites is 2. The van der Waals surface area contributed by atoms with Crippen molar-refractivity contribution in [1.29, 1.82) is 0 Å². The molecule has 7 nitrogen and oxygen atoms in total. The minimum atomic E-state index is -0.844. The van der Waals surface area contributed by atoms with E-state index < -0.39 is 11.4 Å². The Morgan fingerprint density at radius 1 is 1.20 bits per heavy atom. The molecule has 25 heavy (non-hydrogen) atoms. The summed E-state index contributed by atoms with van der Waals surface area (Å²) in [5, 5.41) is 10.8. The first-order valence-electron chi connectivity index (χ1n) is 8.85. The van der Waals surface area contributed by atoms with Crippen LogP contribution in [0.5, 0.6) is 0 Å². The van der Waals surface area contributed by atoms with Gasteiger partial charge in [0.15, 0.2) is 5.58 Å². The third-order valence-corrected chi connectivity index (χ3v) is 5.27. The zero-order valence-corrected chi connectivity index (χ0v) is 14.2. The van der Waals surface area contributed by atoms with Crippen molar-refractivity contribution in [1.82, 2.24) is 14.4 Å². The molecule has 1 atom stereocenters. The van der Waals surface area contributed by atoms with E-state index in [1.807, 2.05) is 6.07 Å². The van der Waals surface area contributed by atoms with Gasteiger partial charge < -0.3 is 19.3 Å². The predicted molar refractivity (Wildman–Crippen MR) is 92.3 cm³/mol. The van der Waals surface area contributed by atoms with E-state index in [4.69, 9.17) is 4.42 Å². The van der Waals surface area contributed by atoms with E-state index in [-0.39, 0.29) is 12.5 Å². The van der Waals surface area contributed by atoms with Crippen LogP contribution in [-0.4, -0.2) is 63.7 Å². The molecule has 4 rings (SSSR count). The van der Waals surface area contributed by atoms with Crippen LogP contribution < -0.4 is 5.76 Å². The molecule has 134 valence electrons. The largest absolute Gasteiger partial charge is 0.420 e. The summed E-state index contributed by atoms with van der Waals surface area (Å²) >= 11 is 0. The number of oxazole rings is 1. The molecule has 2 aliphatic heterocycles. The molecular formula is C18H23N3O4. The number of fused-ring (bicyclic) bond motifs is 1. The predicted octanol–water partition coefficient (Wildman–Crippen LogP) is 0.654. The molecule has 1 amide bonds. The molecule has 1 aromatic heterocycles. The van der Waals surface area contributed by atoms with Crippen molar-refractivity contribution in [2.75, 3.05) is 32.7 Å². The number of hydrogen-bond donors (Lipinski definition) is 1. The third-order valence-electron chi connectivity index (χ3n) is 5.27. The van der Waals surface area contributed by atoms with Gasteiger partial charge in [0.25, 0.3) is 0 Å². The zero-order chi connectivity index (χ0) is 17.4. The fourth-order valence-corrected chi connectivity index (χ4v) is 3.95. The molecule has 0 saturated carbocycles. The number of likely N-dealkylation sites (tertiary alicyclic amines) is 2. The Morgan fingerprint density at radius 2 is 1.96 bits per heavy atom. The first-order valence-corrected chi connectivity index (χ1v) is 8.85. The molecule has 0 radical (unpaired) electrons. The minimum absolute atomic E-state index is 0.0599. The summed E-state index contributed by atoms with van der Waals surface area (Å²) in [5.74, 6) is -0.688. The average molecular weight is 345 g/mol. The standard InChI is InChI=1S/C18H23N3O4/c22-16(11-21-14-5-1-2-6-15(14)25-17(21)23)20-10-7-18(24,13-20)12-19-8-3-4-9-19/h1-2,5-6,24H,3-4,7-13H2/t18-/m0/s1. The molecule has 1 N–H and O–H groups in total. The van der Waals surface area contributed by atoms with Crippen LogP contribution in [0.2, 0.25) is 0 Å². The number of carbonyl (C=O) groups is 1. The van der Waals surface area contributed by atoms with Crippen LogP contribution in [0.15, 0.2) is 33.5 Å². The highest BCUT2D eigenvalue weighted by atomic mass is 16.4. The molecule has 0 aliphatic carbocycles. The summed E-state index contributed by atoms with van der Waals surface area (Å²) in [7, 11) is 0. The molecule has 2 aliphatic rings. The number of nitrogens with zero attached hydrogens (tertiary/aromatic N) is 3. The highest BCUT2D eigenvalue weighted by Gasteiger charge is 2.39. The Bertz CT molecular complexity index is 836. The number of β-amino-alcohol motifs (C(OH)–C–C–N with tert-alkyl or cyclic N) is 1. The van der Waals surface area contributed by atoms with E-state index in [9.17, 15) is 14.7 Å². The summed E-state index contributed by atoms with van der Waals surface area (Å²) in [4.78, 5) is 28.6. The zero-order valence-electron chi connectivity index (χ0n) is 14.2. The molecule has 2 fully saturated rings. The fraction of sp³-hybridized carbons (Fsp3) is 0.556. The van der Waals surface area contributed by atoms with Crippen molar-refractivity contribution in [3.05, 3.63) is 34.8 Å². The normalized spacial score (nSPS) is 24.4. The second-order valence-electron chi connectivity index (χ2n) is 7.19. The average Bonchev–Trinajstić information content (AvgIpc) is 3.29. The summed E-state index contributed by atoms with van der Waals surface area (Å²) in [5.41, 5.74) is 0.253. The van der Waals surface area contributed by atoms with Gasteiger partial charge in [0, 0.05) is 13.1 Å². The first kappa shape index (κ1) is 16.4. The maximum absolute atomic E-state index is 12.6. The van der Waals surface area contributed by atoms with Gasteiger partial charge in [0.1, 0.15) is 6.54 Å². The summed E-state index contributed by atoms with van der Waals surface area (Å²) < 4.78 is 6.53. The van der Waals surface area contributed by atoms with E-state index in [1.54, 1.807) is 23.1 Å². The lowest BCUT2D eigenvalue weighted by molar-refractivity contribution is -0.132. The van der Waals surface area contributed by atoms with Crippen LogP contribution in [0.25, 0.3) is 11.1 Å². The lowest BCUT2D eigenvalue weighted by Crippen LogP contribution is -2.45. The highest BCUT2D eigenvalue weighted by molar-refractivity contribution is 5.79. The lowest BCUT2D eigenvalue weighted by atomic mass is 10.0. The van der Waals surface area contributed by atoms with Crippen molar-refractivity contribution in [2.24, 2.45) is 0 Å². The fourth-order valence-electron chi connectivity index (χ4n) is 3.95. The summed E-state index contributed by atoms with van der Waals surface area (Å²) in [6.45, 7) is 3.45. The maximum atomic E-state index is 12.6. The van der Waals surface area contributed by atoms with Crippen molar-refractivity contribution in [2.45, 2.75) is 31.4 Å². The molecule has 0 bridgehead atoms. The Morgan fingerprint density at radius 3 is 2.76 bits per heavy atom. The molecule has 2 saturated heterocycles. The van der Waals surface area contributed by atoms with Gasteiger partial charge in [-0.15, -0.1) is 0 Å².